The van der Waals surface area contributed by atoms with Crippen molar-refractivity contribution in [3.8, 4) is 0 Å². The molecular formula is C14H22F2N2. The van der Waals surface area contributed by atoms with Crippen molar-refractivity contribution in [3.05, 3.63) is 35.4 Å². The van der Waals surface area contributed by atoms with Crippen LogP contribution in [0.3, 0.4) is 0 Å². The third-order valence-corrected chi connectivity index (χ3v) is 3.24. The van der Waals surface area contributed by atoms with Crippen molar-refractivity contribution in [1.29, 1.82) is 0 Å². The molecule has 0 atom stereocenters. The third-order valence-electron chi connectivity index (χ3n) is 3.24. The van der Waals surface area contributed by atoms with E-state index < -0.39 is 11.6 Å². The molecule has 0 aliphatic rings. The van der Waals surface area contributed by atoms with E-state index in [1.807, 2.05) is 0 Å². The van der Waals surface area contributed by atoms with Gasteiger partial charge in [-0.05, 0) is 30.5 Å². The van der Waals surface area contributed by atoms with Crippen LogP contribution < -0.4 is 5.73 Å². The first-order chi connectivity index (χ1) is 8.62. The highest BCUT2D eigenvalue weighted by molar-refractivity contribution is 5.17. The van der Waals surface area contributed by atoms with Crippen LogP contribution in [0.4, 0.5) is 8.78 Å². The molecule has 0 spiro atoms. The van der Waals surface area contributed by atoms with Crippen LogP contribution in [0.25, 0.3) is 0 Å². The molecule has 0 unspecified atom stereocenters. The lowest BCUT2D eigenvalue weighted by molar-refractivity contribution is 0.182. The van der Waals surface area contributed by atoms with Gasteiger partial charge in [0.2, 0.25) is 0 Å². The third kappa shape index (κ3) is 4.03. The van der Waals surface area contributed by atoms with Gasteiger partial charge in [-0.25, -0.2) is 8.78 Å². The Hall–Kier alpha value is -1.00. The van der Waals surface area contributed by atoms with Gasteiger partial charge in [0.25, 0.3) is 0 Å². The maximum Gasteiger partial charge on any atom is 0.159 e. The minimum atomic E-state index is -0.799. The molecule has 4 heteroatoms. The van der Waals surface area contributed by atoms with E-state index in [2.05, 4.69) is 18.7 Å². The van der Waals surface area contributed by atoms with Crippen molar-refractivity contribution in [2.75, 3.05) is 13.1 Å². The zero-order valence-corrected chi connectivity index (χ0v) is 11.1. The van der Waals surface area contributed by atoms with Gasteiger partial charge in [-0.15, -0.1) is 0 Å². The summed E-state index contributed by atoms with van der Waals surface area (Å²) in [5, 5.41) is 0. The van der Waals surface area contributed by atoms with E-state index in [0.717, 1.165) is 24.9 Å². The molecular weight excluding hydrogens is 234 g/mol. The van der Waals surface area contributed by atoms with Gasteiger partial charge in [0.15, 0.2) is 11.6 Å². The second kappa shape index (κ2) is 7.44. The summed E-state index contributed by atoms with van der Waals surface area (Å²) in [5.74, 6) is -1.59. The molecule has 0 heterocycles. The summed E-state index contributed by atoms with van der Waals surface area (Å²) >= 11 is 0. The molecule has 1 rings (SSSR count). The fourth-order valence-corrected chi connectivity index (χ4v) is 2.23. The van der Waals surface area contributed by atoms with E-state index in [9.17, 15) is 8.78 Å². The predicted octanol–water partition coefficient (Wildman–Crippen LogP) is 2.91. The van der Waals surface area contributed by atoms with Gasteiger partial charge in [0.1, 0.15) is 0 Å². The van der Waals surface area contributed by atoms with Gasteiger partial charge in [-0.2, -0.15) is 0 Å². The van der Waals surface area contributed by atoms with Crippen LogP contribution in [-0.2, 0) is 6.54 Å². The average molecular weight is 256 g/mol. The molecule has 18 heavy (non-hydrogen) atoms. The topological polar surface area (TPSA) is 29.3 Å². The Morgan fingerprint density at radius 1 is 1.17 bits per heavy atom. The Labute approximate surface area is 108 Å². The average Bonchev–Trinajstić information content (AvgIpc) is 2.35. The molecule has 0 aliphatic heterocycles. The second-order valence-corrected chi connectivity index (χ2v) is 4.48. The van der Waals surface area contributed by atoms with Crippen molar-refractivity contribution in [1.82, 2.24) is 4.90 Å². The van der Waals surface area contributed by atoms with Gasteiger partial charge in [0, 0.05) is 25.7 Å². The predicted molar refractivity (Wildman–Crippen MR) is 70.2 cm³/mol. The summed E-state index contributed by atoms with van der Waals surface area (Å²) in [6.45, 7) is 6.21. The minimum Gasteiger partial charge on any atom is -0.329 e. The van der Waals surface area contributed by atoms with Crippen LogP contribution in [0, 0.1) is 11.6 Å². The van der Waals surface area contributed by atoms with Crippen molar-refractivity contribution in [3.63, 3.8) is 0 Å². The first kappa shape index (κ1) is 15.1. The molecule has 2 nitrogen and oxygen atoms in total. The van der Waals surface area contributed by atoms with E-state index in [-0.39, 0.29) is 0 Å². The molecule has 1 aromatic rings. The smallest absolute Gasteiger partial charge is 0.159 e. The Balaban J connectivity index is 2.78. The maximum atomic E-state index is 13.2. The van der Waals surface area contributed by atoms with E-state index in [1.165, 1.54) is 12.1 Å². The quantitative estimate of drug-likeness (QED) is 0.812. The molecule has 0 amide bonds. The van der Waals surface area contributed by atoms with Gasteiger partial charge < -0.3 is 5.73 Å². The highest BCUT2D eigenvalue weighted by Gasteiger charge is 2.15. The largest absolute Gasteiger partial charge is 0.329 e. The summed E-state index contributed by atoms with van der Waals surface area (Å²) < 4.78 is 26.0. The van der Waals surface area contributed by atoms with Gasteiger partial charge in [-0.3, -0.25) is 4.90 Å². The molecule has 0 radical (unpaired) electrons. The number of nitrogens with zero attached hydrogens (tertiary/aromatic N) is 1. The fourth-order valence-electron chi connectivity index (χ4n) is 2.23. The summed E-state index contributed by atoms with van der Waals surface area (Å²) in [5.41, 5.74) is 6.39. The normalized spacial score (nSPS) is 11.5. The fraction of sp³-hybridized carbons (Fsp3) is 0.571. The lowest BCUT2D eigenvalue weighted by Gasteiger charge is -2.30. The van der Waals surface area contributed by atoms with Crippen LogP contribution in [0.2, 0.25) is 0 Å². The molecule has 1 aromatic carbocycles. The summed E-state index contributed by atoms with van der Waals surface area (Å²) in [6, 6.07) is 4.51. The van der Waals surface area contributed by atoms with Crippen LogP contribution in [0.1, 0.15) is 32.3 Å². The molecule has 0 bridgehead atoms. The molecule has 2 N–H and O–H groups in total. The first-order valence-corrected chi connectivity index (χ1v) is 6.50. The standard InChI is InChI=1S/C14H22F2N2/c1-3-12(4-2)18(8-7-17)10-11-5-6-13(15)14(16)9-11/h5-6,9,12H,3-4,7-8,10,17H2,1-2H3. The van der Waals surface area contributed by atoms with Crippen molar-refractivity contribution < 1.29 is 8.78 Å². The first-order valence-electron chi connectivity index (χ1n) is 6.50. The molecule has 0 saturated heterocycles. The van der Waals surface area contributed by atoms with Gasteiger partial charge in [-0.1, -0.05) is 19.9 Å². The number of nitrogens with two attached hydrogens (primary N) is 1. The number of hydrogen-bond acceptors (Lipinski definition) is 2. The lowest BCUT2D eigenvalue weighted by Crippen LogP contribution is -2.37. The minimum absolute atomic E-state index is 0.432. The summed E-state index contributed by atoms with van der Waals surface area (Å²) in [6.07, 6.45) is 2.06. The van der Waals surface area contributed by atoms with Crippen molar-refractivity contribution in [2.45, 2.75) is 39.3 Å². The molecule has 0 fully saturated rings. The molecule has 102 valence electrons. The number of halogens is 2. The Bertz CT molecular complexity index is 365. The maximum absolute atomic E-state index is 13.2. The zero-order chi connectivity index (χ0) is 13.5. The highest BCUT2D eigenvalue weighted by Crippen LogP contribution is 2.15. The SMILES string of the molecule is CCC(CC)N(CCN)Cc1ccc(F)c(F)c1. The monoisotopic (exact) mass is 256 g/mol. The Kier molecular flexibility index (Phi) is 6.22. The van der Waals surface area contributed by atoms with Crippen molar-refractivity contribution >= 4 is 0 Å². The van der Waals surface area contributed by atoms with Gasteiger partial charge in [0.05, 0.1) is 0 Å². The van der Waals surface area contributed by atoms with E-state index in [4.69, 9.17) is 5.73 Å². The molecule has 0 saturated carbocycles. The summed E-state index contributed by atoms with van der Waals surface area (Å²) in [4.78, 5) is 2.23. The summed E-state index contributed by atoms with van der Waals surface area (Å²) in [7, 11) is 0. The highest BCUT2D eigenvalue weighted by atomic mass is 19.2. The number of benzene rings is 1. The Morgan fingerprint density at radius 2 is 1.83 bits per heavy atom. The number of hydrogen-bond donors (Lipinski definition) is 1. The van der Waals surface area contributed by atoms with E-state index in [1.54, 1.807) is 6.07 Å². The van der Waals surface area contributed by atoms with Crippen LogP contribution >= 0.6 is 0 Å². The van der Waals surface area contributed by atoms with E-state index >= 15 is 0 Å². The van der Waals surface area contributed by atoms with Crippen LogP contribution in [0.15, 0.2) is 18.2 Å². The second-order valence-electron chi connectivity index (χ2n) is 4.48. The zero-order valence-electron chi connectivity index (χ0n) is 11.1. The Morgan fingerprint density at radius 3 is 2.33 bits per heavy atom. The molecule has 0 aliphatic carbocycles. The van der Waals surface area contributed by atoms with E-state index in [0.29, 0.717) is 19.1 Å². The lowest BCUT2D eigenvalue weighted by atomic mass is 10.1. The van der Waals surface area contributed by atoms with Crippen LogP contribution in [-0.4, -0.2) is 24.0 Å². The van der Waals surface area contributed by atoms with Crippen molar-refractivity contribution in [2.24, 2.45) is 5.73 Å². The molecule has 0 aromatic heterocycles. The van der Waals surface area contributed by atoms with Crippen LogP contribution in [0.5, 0.6) is 0 Å². The number of rotatable bonds is 7. The van der Waals surface area contributed by atoms with Gasteiger partial charge >= 0.3 is 0 Å².